The normalized spacial score (nSPS) is 10.4. The highest BCUT2D eigenvalue weighted by atomic mass is 19.1. The monoisotopic (exact) mass is 262 g/mol. The SMILES string of the molecule is O=C(CCc1ccc(F)cc1)NCCc1cocn1. The summed E-state index contributed by atoms with van der Waals surface area (Å²) in [6, 6.07) is 6.19. The van der Waals surface area contributed by atoms with Gasteiger partial charge in [0.2, 0.25) is 5.91 Å². The summed E-state index contributed by atoms with van der Waals surface area (Å²) in [4.78, 5) is 15.5. The van der Waals surface area contributed by atoms with Gasteiger partial charge in [0.25, 0.3) is 0 Å². The third-order valence-corrected chi connectivity index (χ3v) is 2.74. The maximum absolute atomic E-state index is 12.7. The van der Waals surface area contributed by atoms with Crippen molar-refractivity contribution in [2.45, 2.75) is 19.3 Å². The molecule has 0 saturated carbocycles. The van der Waals surface area contributed by atoms with Crippen molar-refractivity contribution in [3.8, 4) is 0 Å². The molecule has 1 aromatic carbocycles. The quantitative estimate of drug-likeness (QED) is 0.867. The Morgan fingerprint density at radius 2 is 2.05 bits per heavy atom. The molecular formula is C14H15FN2O2. The molecular weight excluding hydrogens is 247 g/mol. The van der Waals surface area contributed by atoms with E-state index in [1.165, 1.54) is 18.5 Å². The molecule has 5 heteroatoms. The fraction of sp³-hybridized carbons (Fsp3) is 0.286. The van der Waals surface area contributed by atoms with Gasteiger partial charge in [-0.2, -0.15) is 0 Å². The van der Waals surface area contributed by atoms with Gasteiger partial charge in [-0.3, -0.25) is 4.79 Å². The number of carbonyl (C=O) groups excluding carboxylic acids is 1. The van der Waals surface area contributed by atoms with Crippen LogP contribution < -0.4 is 5.32 Å². The lowest BCUT2D eigenvalue weighted by Gasteiger charge is -2.04. The molecule has 0 atom stereocenters. The summed E-state index contributed by atoms with van der Waals surface area (Å²) in [7, 11) is 0. The van der Waals surface area contributed by atoms with E-state index in [4.69, 9.17) is 4.42 Å². The van der Waals surface area contributed by atoms with Crippen molar-refractivity contribution < 1.29 is 13.6 Å². The van der Waals surface area contributed by atoms with Crippen molar-refractivity contribution >= 4 is 5.91 Å². The third-order valence-electron chi connectivity index (χ3n) is 2.74. The highest BCUT2D eigenvalue weighted by Gasteiger charge is 2.03. The highest BCUT2D eigenvalue weighted by molar-refractivity contribution is 5.76. The second-order valence-electron chi connectivity index (χ2n) is 4.21. The number of amides is 1. The summed E-state index contributed by atoms with van der Waals surface area (Å²) < 4.78 is 17.5. The first kappa shape index (κ1) is 13.3. The Hall–Kier alpha value is -2.17. The van der Waals surface area contributed by atoms with Gasteiger partial charge in [-0.1, -0.05) is 12.1 Å². The summed E-state index contributed by atoms with van der Waals surface area (Å²) in [5.74, 6) is -0.284. The molecule has 1 heterocycles. The Morgan fingerprint density at radius 1 is 1.26 bits per heavy atom. The lowest BCUT2D eigenvalue weighted by molar-refractivity contribution is -0.121. The van der Waals surface area contributed by atoms with Crippen LogP contribution in [0.2, 0.25) is 0 Å². The number of hydrogen-bond donors (Lipinski definition) is 1. The number of halogens is 1. The summed E-state index contributed by atoms with van der Waals surface area (Å²) in [6.45, 7) is 0.536. The van der Waals surface area contributed by atoms with Crippen LogP contribution >= 0.6 is 0 Å². The van der Waals surface area contributed by atoms with Gasteiger partial charge in [-0.15, -0.1) is 0 Å². The van der Waals surface area contributed by atoms with Gasteiger partial charge in [0.05, 0.1) is 5.69 Å². The Balaban J connectivity index is 1.65. The Morgan fingerprint density at radius 3 is 2.74 bits per heavy atom. The third kappa shape index (κ3) is 4.54. The van der Waals surface area contributed by atoms with Crippen LogP contribution in [0.3, 0.4) is 0 Å². The molecule has 0 aliphatic heterocycles. The van der Waals surface area contributed by atoms with Gasteiger partial charge < -0.3 is 9.73 Å². The van der Waals surface area contributed by atoms with E-state index >= 15 is 0 Å². The Kier molecular flexibility index (Phi) is 4.66. The molecule has 0 aliphatic carbocycles. The zero-order chi connectivity index (χ0) is 13.5. The fourth-order valence-electron chi connectivity index (χ4n) is 1.69. The van der Waals surface area contributed by atoms with Gasteiger partial charge in [-0.05, 0) is 24.1 Å². The molecule has 0 spiro atoms. The van der Waals surface area contributed by atoms with E-state index in [0.29, 0.717) is 25.8 Å². The van der Waals surface area contributed by atoms with Crippen molar-refractivity contribution in [3.05, 3.63) is 54.0 Å². The van der Waals surface area contributed by atoms with Crippen LogP contribution in [-0.4, -0.2) is 17.4 Å². The average Bonchev–Trinajstić information content (AvgIpc) is 2.91. The maximum atomic E-state index is 12.7. The second kappa shape index (κ2) is 6.68. The lowest BCUT2D eigenvalue weighted by atomic mass is 10.1. The Bertz CT molecular complexity index is 509. The van der Waals surface area contributed by atoms with Gasteiger partial charge in [0, 0.05) is 19.4 Å². The maximum Gasteiger partial charge on any atom is 0.220 e. The number of nitrogens with zero attached hydrogens (tertiary/aromatic N) is 1. The lowest BCUT2D eigenvalue weighted by Crippen LogP contribution is -2.25. The van der Waals surface area contributed by atoms with Crippen molar-refractivity contribution in [2.75, 3.05) is 6.54 Å². The molecule has 0 saturated heterocycles. The topological polar surface area (TPSA) is 55.1 Å². The smallest absolute Gasteiger partial charge is 0.220 e. The Labute approximate surface area is 110 Å². The van der Waals surface area contributed by atoms with Crippen molar-refractivity contribution in [1.29, 1.82) is 0 Å². The minimum Gasteiger partial charge on any atom is -0.451 e. The van der Waals surface area contributed by atoms with Crippen LogP contribution in [0.5, 0.6) is 0 Å². The van der Waals surface area contributed by atoms with E-state index in [1.807, 2.05) is 0 Å². The summed E-state index contributed by atoms with van der Waals surface area (Å²) in [6.07, 6.45) is 4.58. The number of rotatable bonds is 6. The van der Waals surface area contributed by atoms with Crippen molar-refractivity contribution in [2.24, 2.45) is 0 Å². The zero-order valence-electron chi connectivity index (χ0n) is 10.4. The zero-order valence-corrected chi connectivity index (χ0v) is 10.4. The molecule has 1 aromatic heterocycles. The van der Waals surface area contributed by atoms with E-state index < -0.39 is 0 Å². The number of oxazole rings is 1. The number of carbonyl (C=O) groups is 1. The van der Waals surface area contributed by atoms with Gasteiger partial charge in [0.1, 0.15) is 12.1 Å². The predicted molar refractivity (Wildman–Crippen MR) is 67.9 cm³/mol. The molecule has 1 amide bonds. The molecule has 4 nitrogen and oxygen atoms in total. The van der Waals surface area contributed by atoms with E-state index in [1.54, 1.807) is 18.4 Å². The molecule has 0 aliphatic rings. The molecule has 0 radical (unpaired) electrons. The van der Waals surface area contributed by atoms with Crippen molar-refractivity contribution in [3.63, 3.8) is 0 Å². The van der Waals surface area contributed by atoms with E-state index in [2.05, 4.69) is 10.3 Å². The number of aryl methyl sites for hydroxylation is 1. The van der Waals surface area contributed by atoms with Crippen LogP contribution in [0, 0.1) is 5.82 Å². The fourth-order valence-corrected chi connectivity index (χ4v) is 1.69. The summed E-state index contributed by atoms with van der Waals surface area (Å²) >= 11 is 0. The van der Waals surface area contributed by atoms with Crippen LogP contribution in [0.1, 0.15) is 17.7 Å². The second-order valence-corrected chi connectivity index (χ2v) is 4.21. The molecule has 1 N–H and O–H groups in total. The van der Waals surface area contributed by atoms with Crippen LogP contribution in [0.25, 0.3) is 0 Å². The number of nitrogens with one attached hydrogen (secondary N) is 1. The van der Waals surface area contributed by atoms with Crippen molar-refractivity contribution in [1.82, 2.24) is 10.3 Å². The first-order valence-corrected chi connectivity index (χ1v) is 6.12. The van der Waals surface area contributed by atoms with E-state index in [9.17, 15) is 9.18 Å². The van der Waals surface area contributed by atoms with Crippen LogP contribution in [-0.2, 0) is 17.6 Å². The first-order chi connectivity index (χ1) is 9.24. The molecule has 0 bridgehead atoms. The molecule has 100 valence electrons. The molecule has 19 heavy (non-hydrogen) atoms. The van der Waals surface area contributed by atoms with Gasteiger partial charge in [0.15, 0.2) is 6.39 Å². The minimum atomic E-state index is -0.263. The van der Waals surface area contributed by atoms with Crippen LogP contribution in [0.15, 0.2) is 41.3 Å². The minimum absolute atomic E-state index is 0.0205. The largest absolute Gasteiger partial charge is 0.451 e. The predicted octanol–water partition coefficient (Wildman–Crippen LogP) is 2.11. The molecule has 2 aromatic rings. The highest BCUT2D eigenvalue weighted by Crippen LogP contribution is 2.05. The molecule has 2 rings (SSSR count). The van der Waals surface area contributed by atoms with Gasteiger partial charge >= 0.3 is 0 Å². The van der Waals surface area contributed by atoms with Crippen LogP contribution in [0.4, 0.5) is 4.39 Å². The van der Waals surface area contributed by atoms with E-state index in [-0.39, 0.29) is 11.7 Å². The average molecular weight is 262 g/mol. The summed E-state index contributed by atoms with van der Waals surface area (Å²) in [5, 5.41) is 2.81. The molecule has 0 fully saturated rings. The van der Waals surface area contributed by atoms with E-state index in [0.717, 1.165) is 11.3 Å². The number of aromatic nitrogens is 1. The molecule has 0 unspecified atom stereocenters. The van der Waals surface area contributed by atoms with Gasteiger partial charge in [-0.25, -0.2) is 9.37 Å². The summed E-state index contributed by atoms with van der Waals surface area (Å²) in [5.41, 5.74) is 1.77. The first-order valence-electron chi connectivity index (χ1n) is 6.12. The number of hydrogen-bond acceptors (Lipinski definition) is 3. The number of benzene rings is 1. The standard InChI is InChI=1S/C14H15FN2O2/c15-12-4-1-11(2-5-12)3-6-14(18)16-8-7-13-9-19-10-17-13/h1-2,4-5,9-10H,3,6-8H2,(H,16,18).